The van der Waals surface area contributed by atoms with Crippen molar-refractivity contribution >= 4 is 12.0 Å². The third-order valence-electron chi connectivity index (χ3n) is 6.23. The number of hydrogen-bond donors (Lipinski definition) is 1. The first-order chi connectivity index (χ1) is 16.9. The molecule has 2 aromatic carbocycles. The van der Waals surface area contributed by atoms with Gasteiger partial charge < -0.3 is 24.4 Å². The van der Waals surface area contributed by atoms with E-state index in [1.54, 1.807) is 24.1 Å². The number of nitrogens with zero attached hydrogens (tertiary/aromatic N) is 1. The van der Waals surface area contributed by atoms with Gasteiger partial charge in [-0.25, -0.2) is 0 Å². The number of ether oxygens (including phenoxy) is 3. The van der Waals surface area contributed by atoms with E-state index in [0.29, 0.717) is 29.4 Å². The molecular weight excluding hydrogens is 440 g/mol. The average Bonchev–Trinajstić information content (AvgIpc) is 3.17. The van der Waals surface area contributed by atoms with Crippen LogP contribution in [0.25, 0.3) is 6.08 Å². The molecule has 0 aromatic heterocycles. The number of hydrogen-bond acceptors (Lipinski definition) is 5. The van der Waals surface area contributed by atoms with Crippen molar-refractivity contribution in [2.75, 3.05) is 48.0 Å². The fraction of sp³-hybridized carbons (Fsp3) is 0.483. The van der Waals surface area contributed by atoms with Gasteiger partial charge in [-0.15, -0.1) is 0 Å². The Kier molecular flexibility index (Phi) is 12.2. The molecule has 0 unspecified atom stereocenters. The fourth-order valence-electron chi connectivity index (χ4n) is 4.25. The standard InChI is InChI=1S/C21H25NO4.C8H17N/c1-15(11-16-9-7-6-8-10-16)14-22(2)21(23)17-12-18(24-3)20(26-5)19(13-17)25-4;1-2-8-4-3-6-9-7-5-8/h6-13H,14H2,1-5H3;8-9H,2-7H2,1H3/b15-11+;/t;8-/m.1/s1. The number of nitrogens with one attached hydrogen (secondary N) is 1. The molecule has 0 bridgehead atoms. The Morgan fingerprint density at radius 3 is 2.26 bits per heavy atom. The van der Waals surface area contributed by atoms with Crippen LogP contribution in [0.2, 0.25) is 0 Å². The third-order valence-corrected chi connectivity index (χ3v) is 6.23. The number of rotatable bonds is 8. The third kappa shape index (κ3) is 8.95. The first kappa shape index (κ1) is 28.2. The molecule has 6 nitrogen and oxygen atoms in total. The molecule has 1 heterocycles. The van der Waals surface area contributed by atoms with Gasteiger partial charge in [0.05, 0.1) is 21.3 Å². The molecule has 35 heavy (non-hydrogen) atoms. The topological polar surface area (TPSA) is 60.0 Å². The molecule has 0 aliphatic carbocycles. The Morgan fingerprint density at radius 2 is 1.69 bits per heavy atom. The van der Waals surface area contributed by atoms with Crippen LogP contribution in [-0.4, -0.2) is 58.8 Å². The van der Waals surface area contributed by atoms with Gasteiger partial charge in [-0.05, 0) is 62.9 Å². The van der Waals surface area contributed by atoms with Crippen molar-refractivity contribution in [2.45, 2.75) is 39.5 Å². The summed E-state index contributed by atoms with van der Waals surface area (Å²) in [6.07, 6.45) is 7.68. The Labute approximate surface area is 211 Å². The second-order valence-corrected chi connectivity index (χ2v) is 8.93. The normalized spacial score (nSPS) is 15.8. The summed E-state index contributed by atoms with van der Waals surface area (Å²) in [5.74, 6) is 2.28. The average molecular weight is 483 g/mol. The van der Waals surface area contributed by atoms with Gasteiger partial charge >= 0.3 is 0 Å². The first-order valence-corrected chi connectivity index (χ1v) is 12.4. The molecule has 1 N–H and O–H groups in total. The highest BCUT2D eigenvalue weighted by Crippen LogP contribution is 2.38. The summed E-state index contributed by atoms with van der Waals surface area (Å²) in [4.78, 5) is 14.5. The number of likely N-dealkylation sites (N-methyl/N-ethyl adjacent to an activating group) is 1. The molecular formula is C29H42N2O4. The monoisotopic (exact) mass is 482 g/mol. The molecule has 2 aromatic rings. The van der Waals surface area contributed by atoms with Crippen molar-refractivity contribution in [1.82, 2.24) is 10.2 Å². The van der Waals surface area contributed by atoms with Crippen molar-refractivity contribution < 1.29 is 19.0 Å². The molecule has 1 aliphatic rings. The van der Waals surface area contributed by atoms with E-state index in [-0.39, 0.29) is 5.91 Å². The number of carbonyl (C=O) groups excluding carboxylic acids is 1. The lowest BCUT2D eigenvalue weighted by Crippen LogP contribution is -2.28. The predicted molar refractivity (Wildman–Crippen MR) is 144 cm³/mol. The molecule has 0 radical (unpaired) electrons. The minimum Gasteiger partial charge on any atom is -0.493 e. The minimum absolute atomic E-state index is 0.120. The second-order valence-electron chi connectivity index (χ2n) is 8.93. The van der Waals surface area contributed by atoms with Crippen molar-refractivity contribution in [1.29, 1.82) is 0 Å². The highest BCUT2D eigenvalue weighted by molar-refractivity contribution is 5.95. The highest BCUT2D eigenvalue weighted by Gasteiger charge is 2.19. The highest BCUT2D eigenvalue weighted by atomic mass is 16.5. The molecule has 3 rings (SSSR count). The second kappa shape index (κ2) is 15.1. The zero-order chi connectivity index (χ0) is 25.6. The molecule has 0 saturated carbocycles. The van der Waals surface area contributed by atoms with Crippen LogP contribution >= 0.6 is 0 Å². The smallest absolute Gasteiger partial charge is 0.254 e. The Balaban J connectivity index is 0.000000402. The number of methoxy groups -OCH3 is 3. The Bertz CT molecular complexity index is 910. The summed E-state index contributed by atoms with van der Waals surface area (Å²) in [5, 5.41) is 3.41. The fourth-order valence-corrected chi connectivity index (χ4v) is 4.25. The molecule has 6 heteroatoms. The summed E-state index contributed by atoms with van der Waals surface area (Å²) in [6.45, 7) is 7.32. The molecule has 1 amide bonds. The van der Waals surface area contributed by atoms with Crippen LogP contribution in [0.1, 0.15) is 55.5 Å². The molecule has 1 aliphatic heterocycles. The molecule has 192 valence electrons. The van der Waals surface area contributed by atoms with Crippen LogP contribution in [0.4, 0.5) is 0 Å². The van der Waals surface area contributed by atoms with Crippen LogP contribution in [0, 0.1) is 5.92 Å². The summed E-state index contributed by atoms with van der Waals surface area (Å²) < 4.78 is 15.9. The van der Waals surface area contributed by atoms with Gasteiger partial charge in [-0.2, -0.15) is 0 Å². The van der Waals surface area contributed by atoms with Crippen molar-refractivity contribution in [2.24, 2.45) is 5.92 Å². The first-order valence-electron chi connectivity index (χ1n) is 12.4. The van der Waals surface area contributed by atoms with Crippen LogP contribution in [-0.2, 0) is 0 Å². The van der Waals surface area contributed by atoms with Crippen LogP contribution in [0.3, 0.4) is 0 Å². The van der Waals surface area contributed by atoms with E-state index in [0.717, 1.165) is 17.1 Å². The van der Waals surface area contributed by atoms with Gasteiger partial charge in [0.25, 0.3) is 5.91 Å². The maximum absolute atomic E-state index is 12.8. The quantitative estimate of drug-likeness (QED) is 0.525. The maximum Gasteiger partial charge on any atom is 0.254 e. The Morgan fingerprint density at radius 1 is 1.03 bits per heavy atom. The maximum atomic E-state index is 12.8. The van der Waals surface area contributed by atoms with E-state index in [1.807, 2.05) is 37.3 Å². The SMILES string of the molecule is CC[C@@H]1CCCNCC1.COc1cc(C(=O)N(C)C/C(C)=C/c2ccccc2)cc(OC)c1OC. The zero-order valence-corrected chi connectivity index (χ0v) is 22.2. The van der Waals surface area contributed by atoms with Gasteiger partial charge in [0.15, 0.2) is 11.5 Å². The van der Waals surface area contributed by atoms with Gasteiger partial charge in [0.1, 0.15) is 0 Å². The van der Waals surface area contributed by atoms with E-state index in [1.165, 1.54) is 60.1 Å². The zero-order valence-electron chi connectivity index (χ0n) is 22.2. The summed E-state index contributed by atoms with van der Waals surface area (Å²) in [6, 6.07) is 13.3. The summed E-state index contributed by atoms with van der Waals surface area (Å²) >= 11 is 0. The lowest BCUT2D eigenvalue weighted by atomic mass is 9.98. The lowest BCUT2D eigenvalue weighted by Gasteiger charge is -2.20. The summed E-state index contributed by atoms with van der Waals surface area (Å²) in [5.41, 5.74) is 2.67. The molecule has 0 spiro atoms. The largest absolute Gasteiger partial charge is 0.493 e. The van der Waals surface area contributed by atoms with Crippen LogP contribution < -0.4 is 19.5 Å². The van der Waals surface area contributed by atoms with Crippen LogP contribution in [0.15, 0.2) is 48.0 Å². The lowest BCUT2D eigenvalue weighted by molar-refractivity contribution is 0.0806. The van der Waals surface area contributed by atoms with Crippen LogP contribution in [0.5, 0.6) is 17.2 Å². The van der Waals surface area contributed by atoms with E-state index < -0.39 is 0 Å². The van der Waals surface area contributed by atoms with E-state index in [9.17, 15) is 4.79 Å². The van der Waals surface area contributed by atoms with E-state index >= 15 is 0 Å². The van der Waals surface area contributed by atoms with Gasteiger partial charge in [-0.3, -0.25) is 4.79 Å². The summed E-state index contributed by atoms with van der Waals surface area (Å²) in [7, 11) is 6.36. The van der Waals surface area contributed by atoms with Gasteiger partial charge in [-0.1, -0.05) is 55.3 Å². The number of benzene rings is 2. The van der Waals surface area contributed by atoms with Crippen molar-refractivity contribution in [3.05, 3.63) is 59.2 Å². The van der Waals surface area contributed by atoms with E-state index in [2.05, 4.69) is 18.3 Å². The Hall–Kier alpha value is -2.99. The number of carbonyl (C=O) groups is 1. The molecule has 1 atom stereocenters. The number of amides is 1. The van der Waals surface area contributed by atoms with E-state index in [4.69, 9.17) is 14.2 Å². The predicted octanol–water partition coefficient (Wildman–Crippen LogP) is 5.67. The molecule has 1 saturated heterocycles. The van der Waals surface area contributed by atoms with Crippen molar-refractivity contribution in [3.8, 4) is 17.2 Å². The van der Waals surface area contributed by atoms with Gasteiger partial charge in [0.2, 0.25) is 5.75 Å². The van der Waals surface area contributed by atoms with Gasteiger partial charge in [0, 0.05) is 19.2 Å². The molecule has 1 fully saturated rings. The minimum atomic E-state index is -0.120. The van der Waals surface area contributed by atoms with Crippen molar-refractivity contribution in [3.63, 3.8) is 0 Å².